The second-order valence-electron chi connectivity index (χ2n) is 4.11. The van der Waals surface area contributed by atoms with Gasteiger partial charge in [0.05, 0.1) is 9.79 Å². The van der Waals surface area contributed by atoms with Gasteiger partial charge in [-0.05, 0) is 35.4 Å². The van der Waals surface area contributed by atoms with Crippen molar-refractivity contribution in [2.75, 3.05) is 0 Å². The van der Waals surface area contributed by atoms with E-state index in [1.165, 1.54) is 0 Å². The Balaban J connectivity index is 2.39. The number of rotatable bonds is 4. The van der Waals surface area contributed by atoms with Crippen molar-refractivity contribution in [3.8, 4) is 0 Å². The van der Waals surface area contributed by atoms with E-state index < -0.39 is 9.84 Å². The highest BCUT2D eigenvalue weighted by molar-refractivity contribution is 7.91. The van der Waals surface area contributed by atoms with Gasteiger partial charge in [0, 0.05) is 11.5 Å². The quantitative estimate of drug-likeness (QED) is 0.849. The largest absolute Gasteiger partial charge is 0.219 e. The van der Waals surface area contributed by atoms with Crippen molar-refractivity contribution in [1.29, 1.82) is 0 Å². The van der Waals surface area contributed by atoms with Crippen molar-refractivity contribution in [3.63, 3.8) is 0 Å². The Morgan fingerprint density at radius 1 is 0.684 bits per heavy atom. The molecule has 0 fully saturated rings. The number of sulfone groups is 1. The second-order valence-corrected chi connectivity index (χ2v) is 6.69. The molecule has 2 aromatic rings. The average Bonchev–Trinajstić information content (AvgIpc) is 2.47. The highest BCUT2D eigenvalue weighted by atomic mass is 32.2. The molecular weight excluding hydrogens is 296 g/mol. The fourth-order valence-corrected chi connectivity index (χ4v) is 3.37. The van der Waals surface area contributed by atoms with Crippen LogP contribution in [0.1, 0.15) is 11.1 Å². The van der Waals surface area contributed by atoms with Gasteiger partial charge in [0.2, 0.25) is 9.84 Å². The predicted octanol–water partition coefficient (Wildman–Crippen LogP) is 3.38. The first-order valence-corrected chi connectivity index (χ1v) is 8.47. The molecule has 2 nitrogen and oxygen atoms in total. The molecule has 2 aromatic carbocycles. The summed E-state index contributed by atoms with van der Waals surface area (Å²) in [4.78, 5) is 0.605. The zero-order valence-electron chi connectivity index (χ0n) is 10.2. The van der Waals surface area contributed by atoms with E-state index in [0.29, 0.717) is 21.3 Å². The van der Waals surface area contributed by atoms with Crippen LogP contribution in [0.15, 0.2) is 58.3 Å². The first-order chi connectivity index (χ1) is 9.07. The van der Waals surface area contributed by atoms with Crippen molar-refractivity contribution in [2.24, 2.45) is 0 Å². The lowest BCUT2D eigenvalue weighted by atomic mass is 10.2. The molecule has 100 valence electrons. The Bertz CT molecular complexity index is 591. The first-order valence-electron chi connectivity index (χ1n) is 5.72. The Morgan fingerprint density at radius 2 is 1.00 bits per heavy atom. The summed E-state index contributed by atoms with van der Waals surface area (Å²) >= 11 is 8.30. The SMILES string of the molecule is O=S(=O)(c1ccc(CS)cc1)c1ccc(CS)cc1. The second kappa shape index (κ2) is 6.03. The van der Waals surface area contributed by atoms with Gasteiger partial charge in [-0.3, -0.25) is 0 Å². The minimum Gasteiger partial charge on any atom is -0.219 e. The number of hydrogen-bond acceptors (Lipinski definition) is 4. The van der Waals surface area contributed by atoms with Crippen LogP contribution in [-0.4, -0.2) is 8.42 Å². The topological polar surface area (TPSA) is 34.1 Å². The van der Waals surface area contributed by atoms with E-state index in [0.717, 1.165) is 11.1 Å². The van der Waals surface area contributed by atoms with E-state index in [9.17, 15) is 8.42 Å². The van der Waals surface area contributed by atoms with Crippen LogP contribution < -0.4 is 0 Å². The van der Waals surface area contributed by atoms with Gasteiger partial charge in [-0.25, -0.2) is 8.42 Å². The van der Waals surface area contributed by atoms with Crippen LogP contribution in [0, 0.1) is 0 Å². The normalized spacial score (nSPS) is 11.5. The molecule has 0 N–H and O–H groups in total. The Morgan fingerprint density at radius 3 is 1.26 bits per heavy atom. The van der Waals surface area contributed by atoms with Gasteiger partial charge in [0.25, 0.3) is 0 Å². The van der Waals surface area contributed by atoms with E-state index in [1.54, 1.807) is 48.5 Å². The molecule has 5 heteroatoms. The molecule has 2 rings (SSSR count). The zero-order valence-corrected chi connectivity index (χ0v) is 12.8. The predicted molar refractivity (Wildman–Crippen MR) is 83.7 cm³/mol. The maximum absolute atomic E-state index is 12.4. The lowest BCUT2D eigenvalue weighted by molar-refractivity contribution is 0.596. The van der Waals surface area contributed by atoms with Crippen molar-refractivity contribution >= 4 is 35.1 Å². The summed E-state index contributed by atoms with van der Waals surface area (Å²) in [6, 6.07) is 13.6. The van der Waals surface area contributed by atoms with Gasteiger partial charge in [-0.2, -0.15) is 25.3 Å². The summed E-state index contributed by atoms with van der Waals surface area (Å²) in [6.07, 6.45) is 0. The molecule has 0 aliphatic rings. The van der Waals surface area contributed by atoms with Crippen LogP contribution in [0.3, 0.4) is 0 Å². The summed E-state index contributed by atoms with van der Waals surface area (Å²) in [5.41, 5.74) is 1.99. The Hall–Kier alpha value is -0.910. The summed E-state index contributed by atoms with van der Waals surface area (Å²) < 4.78 is 24.8. The molecule has 0 heterocycles. The van der Waals surface area contributed by atoms with Gasteiger partial charge in [0.1, 0.15) is 0 Å². The molecule has 0 radical (unpaired) electrons. The van der Waals surface area contributed by atoms with E-state index in [4.69, 9.17) is 0 Å². The van der Waals surface area contributed by atoms with E-state index in [-0.39, 0.29) is 0 Å². The van der Waals surface area contributed by atoms with E-state index >= 15 is 0 Å². The van der Waals surface area contributed by atoms with Crippen LogP contribution in [0.25, 0.3) is 0 Å². The summed E-state index contributed by atoms with van der Waals surface area (Å²) in [5.74, 6) is 1.19. The zero-order chi connectivity index (χ0) is 13.9. The van der Waals surface area contributed by atoms with Crippen LogP contribution in [0.2, 0.25) is 0 Å². The average molecular weight is 310 g/mol. The Labute approximate surface area is 124 Å². The molecule has 0 aliphatic carbocycles. The maximum Gasteiger partial charge on any atom is 0.206 e. The molecular formula is C14H14O2S3. The smallest absolute Gasteiger partial charge is 0.206 e. The van der Waals surface area contributed by atoms with Crippen LogP contribution in [-0.2, 0) is 21.3 Å². The standard InChI is InChI=1S/C14H14O2S3/c15-19(16,13-5-1-11(9-17)2-6-13)14-7-3-12(10-18)4-8-14/h1-8,17-18H,9-10H2. The summed E-state index contributed by atoms with van der Waals surface area (Å²) in [6.45, 7) is 0. The maximum atomic E-state index is 12.4. The molecule has 0 saturated heterocycles. The van der Waals surface area contributed by atoms with Gasteiger partial charge >= 0.3 is 0 Å². The Kier molecular flexibility index (Phi) is 4.60. The molecule has 0 unspecified atom stereocenters. The summed E-state index contributed by atoms with van der Waals surface area (Å²) in [7, 11) is -3.44. The molecule has 0 aromatic heterocycles. The molecule has 0 saturated carbocycles. The summed E-state index contributed by atoms with van der Waals surface area (Å²) in [5, 5.41) is 0. The van der Waals surface area contributed by atoms with Crippen LogP contribution in [0.4, 0.5) is 0 Å². The van der Waals surface area contributed by atoms with Gasteiger partial charge in [0.15, 0.2) is 0 Å². The van der Waals surface area contributed by atoms with Crippen molar-refractivity contribution in [2.45, 2.75) is 21.3 Å². The lowest BCUT2D eigenvalue weighted by Crippen LogP contribution is -2.02. The van der Waals surface area contributed by atoms with E-state index in [2.05, 4.69) is 25.3 Å². The third kappa shape index (κ3) is 3.16. The van der Waals surface area contributed by atoms with Crippen molar-refractivity contribution in [3.05, 3.63) is 59.7 Å². The van der Waals surface area contributed by atoms with Gasteiger partial charge in [-0.15, -0.1) is 0 Å². The molecule has 0 spiro atoms. The van der Waals surface area contributed by atoms with Gasteiger partial charge < -0.3 is 0 Å². The third-order valence-corrected chi connectivity index (χ3v) is 5.35. The highest BCUT2D eigenvalue weighted by Gasteiger charge is 2.17. The minimum atomic E-state index is -3.44. The molecule has 0 atom stereocenters. The molecule has 0 aliphatic heterocycles. The molecule has 0 bridgehead atoms. The molecule has 0 amide bonds. The number of hydrogen-bond donors (Lipinski definition) is 2. The minimum absolute atomic E-state index is 0.302. The van der Waals surface area contributed by atoms with Crippen LogP contribution >= 0.6 is 25.3 Å². The fourth-order valence-electron chi connectivity index (χ4n) is 1.68. The van der Waals surface area contributed by atoms with Crippen molar-refractivity contribution in [1.82, 2.24) is 0 Å². The van der Waals surface area contributed by atoms with Gasteiger partial charge in [-0.1, -0.05) is 24.3 Å². The number of benzene rings is 2. The lowest BCUT2D eigenvalue weighted by Gasteiger charge is -2.06. The first kappa shape index (κ1) is 14.5. The van der Waals surface area contributed by atoms with E-state index in [1.807, 2.05) is 0 Å². The molecule has 19 heavy (non-hydrogen) atoms. The van der Waals surface area contributed by atoms with Crippen LogP contribution in [0.5, 0.6) is 0 Å². The fraction of sp³-hybridized carbons (Fsp3) is 0.143. The number of thiol groups is 2. The van der Waals surface area contributed by atoms with Crippen molar-refractivity contribution < 1.29 is 8.42 Å². The highest BCUT2D eigenvalue weighted by Crippen LogP contribution is 2.22. The monoisotopic (exact) mass is 310 g/mol. The third-order valence-electron chi connectivity index (χ3n) is 2.83.